The molecule has 20 heavy (non-hydrogen) atoms. The number of methoxy groups -OCH3 is 1. The maximum Gasteiger partial charge on any atom is 0.339 e. The van der Waals surface area contributed by atoms with Crippen LogP contribution in [0.5, 0.6) is 11.6 Å². The molecule has 0 amide bonds. The lowest BCUT2D eigenvalue weighted by Gasteiger charge is -2.10. The summed E-state index contributed by atoms with van der Waals surface area (Å²) in [7, 11) is 1.34. The highest BCUT2D eigenvalue weighted by molar-refractivity contribution is 9.10. The maximum atomic E-state index is 11.5. The van der Waals surface area contributed by atoms with Crippen LogP contribution >= 0.6 is 15.9 Å². The molecule has 0 spiro atoms. The van der Waals surface area contributed by atoms with E-state index in [0.29, 0.717) is 17.1 Å². The molecule has 2 aromatic rings. The van der Waals surface area contributed by atoms with Crippen LogP contribution in [0.15, 0.2) is 34.8 Å². The number of halogens is 1. The van der Waals surface area contributed by atoms with E-state index in [0.717, 1.165) is 15.8 Å². The predicted molar refractivity (Wildman–Crippen MR) is 79.3 cm³/mol. The van der Waals surface area contributed by atoms with E-state index in [9.17, 15) is 4.79 Å². The first-order valence-corrected chi connectivity index (χ1v) is 6.80. The lowest BCUT2D eigenvalue weighted by molar-refractivity contribution is 0.0599. The van der Waals surface area contributed by atoms with Crippen LogP contribution < -0.4 is 4.74 Å². The predicted octanol–water partition coefficient (Wildman–Crippen LogP) is 4.04. The Kier molecular flexibility index (Phi) is 4.39. The summed E-state index contributed by atoms with van der Waals surface area (Å²) in [5.41, 5.74) is 2.01. The summed E-state index contributed by atoms with van der Waals surface area (Å²) in [6, 6.07) is 9.08. The molecule has 104 valence electrons. The van der Waals surface area contributed by atoms with Crippen molar-refractivity contribution in [2.24, 2.45) is 0 Å². The van der Waals surface area contributed by atoms with Gasteiger partial charge in [0.1, 0.15) is 5.75 Å². The first-order chi connectivity index (χ1) is 9.51. The zero-order valence-corrected chi connectivity index (χ0v) is 13.0. The molecule has 5 heteroatoms. The molecule has 0 aliphatic rings. The minimum atomic E-state index is -0.403. The molecule has 0 N–H and O–H groups in total. The summed E-state index contributed by atoms with van der Waals surface area (Å²) in [6.45, 7) is 3.70. The Balaban J connectivity index is 2.29. The number of pyridine rings is 1. The van der Waals surface area contributed by atoms with Gasteiger partial charge in [-0.15, -0.1) is 0 Å². The van der Waals surface area contributed by atoms with Crippen molar-refractivity contribution in [1.29, 1.82) is 0 Å². The van der Waals surface area contributed by atoms with E-state index in [-0.39, 0.29) is 0 Å². The molecule has 0 saturated carbocycles. The Morgan fingerprint density at radius 2 is 1.95 bits per heavy atom. The monoisotopic (exact) mass is 335 g/mol. The van der Waals surface area contributed by atoms with Gasteiger partial charge in [-0.05, 0) is 37.6 Å². The minimum absolute atomic E-state index is 0.403. The van der Waals surface area contributed by atoms with Gasteiger partial charge in [-0.1, -0.05) is 22.0 Å². The average Bonchev–Trinajstić information content (AvgIpc) is 2.42. The average molecular weight is 336 g/mol. The fourth-order valence-corrected chi connectivity index (χ4v) is 2.06. The number of aryl methyl sites for hydroxylation is 2. The summed E-state index contributed by atoms with van der Waals surface area (Å²) in [5.74, 6) is 0.758. The second kappa shape index (κ2) is 6.05. The molecule has 0 fully saturated rings. The van der Waals surface area contributed by atoms with Gasteiger partial charge in [0.2, 0.25) is 5.88 Å². The molecule has 2 rings (SSSR count). The molecular formula is C15H14BrNO3. The molecule has 0 bridgehead atoms. The van der Waals surface area contributed by atoms with Crippen molar-refractivity contribution >= 4 is 21.9 Å². The van der Waals surface area contributed by atoms with Crippen LogP contribution in [0.2, 0.25) is 0 Å². The molecule has 1 aromatic carbocycles. The number of aromatic nitrogens is 1. The largest absolute Gasteiger partial charge is 0.465 e. The molecule has 4 nitrogen and oxygen atoms in total. The van der Waals surface area contributed by atoms with E-state index in [1.165, 1.54) is 7.11 Å². The Hall–Kier alpha value is -1.88. The summed E-state index contributed by atoms with van der Waals surface area (Å²) >= 11 is 3.40. The van der Waals surface area contributed by atoms with Crippen LogP contribution in [0, 0.1) is 13.8 Å². The lowest BCUT2D eigenvalue weighted by Crippen LogP contribution is -2.05. The third-order valence-electron chi connectivity index (χ3n) is 2.83. The Labute approximate surface area is 125 Å². The molecule has 0 aliphatic carbocycles. The highest BCUT2D eigenvalue weighted by atomic mass is 79.9. The van der Waals surface area contributed by atoms with Gasteiger partial charge in [0.15, 0.2) is 0 Å². The lowest BCUT2D eigenvalue weighted by atomic mass is 10.2. The van der Waals surface area contributed by atoms with Crippen molar-refractivity contribution in [3.05, 3.63) is 51.6 Å². The highest BCUT2D eigenvalue weighted by Crippen LogP contribution is 2.27. The fourth-order valence-electron chi connectivity index (χ4n) is 1.72. The van der Waals surface area contributed by atoms with Crippen LogP contribution in [0.1, 0.15) is 21.6 Å². The molecule has 0 aliphatic heterocycles. The number of rotatable bonds is 3. The highest BCUT2D eigenvalue weighted by Gasteiger charge is 2.12. The van der Waals surface area contributed by atoms with E-state index in [1.807, 2.05) is 25.1 Å². The Morgan fingerprint density at radius 1 is 1.20 bits per heavy atom. The van der Waals surface area contributed by atoms with E-state index in [1.54, 1.807) is 19.1 Å². The van der Waals surface area contributed by atoms with Crippen molar-refractivity contribution in [1.82, 2.24) is 4.98 Å². The van der Waals surface area contributed by atoms with Gasteiger partial charge in [-0.3, -0.25) is 0 Å². The van der Waals surface area contributed by atoms with Crippen LogP contribution in [0.3, 0.4) is 0 Å². The molecule has 0 atom stereocenters. The van der Waals surface area contributed by atoms with Gasteiger partial charge >= 0.3 is 5.97 Å². The minimum Gasteiger partial charge on any atom is -0.465 e. The van der Waals surface area contributed by atoms with Crippen LogP contribution in [-0.4, -0.2) is 18.1 Å². The van der Waals surface area contributed by atoms with Gasteiger partial charge in [0.05, 0.1) is 18.4 Å². The zero-order valence-electron chi connectivity index (χ0n) is 11.4. The van der Waals surface area contributed by atoms with E-state index in [2.05, 4.69) is 25.7 Å². The zero-order chi connectivity index (χ0) is 14.7. The number of hydrogen-bond acceptors (Lipinski definition) is 4. The number of carbonyl (C=O) groups excluding carboxylic acids is 1. The number of carbonyl (C=O) groups is 1. The Bertz CT molecular complexity index is 656. The molecule has 0 radical (unpaired) electrons. The van der Waals surface area contributed by atoms with E-state index in [4.69, 9.17) is 4.74 Å². The van der Waals surface area contributed by atoms with Gasteiger partial charge in [-0.25, -0.2) is 9.78 Å². The molecular weight excluding hydrogens is 322 g/mol. The Morgan fingerprint density at radius 3 is 2.60 bits per heavy atom. The quantitative estimate of drug-likeness (QED) is 0.794. The maximum absolute atomic E-state index is 11.5. The molecule has 0 saturated heterocycles. The van der Waals surface area contributed by atoms with Gasteiger partial charge < -0.3 is 9.47 Å². The third kappa shape index (κ3) is 3.17. The van der Waals surface area contributed by atoms with Crippen molar-refractivity contribution in [2.45, 2.75) is 13.8 Å². The van der Waals surface area contributed by atoms with Crippen molar-refractivity contribution in [3.63, 3.8) is 0 Å². The number of benzene rings is 1. The summed E-state index contributed by atoms with van der Waals surface area (Å²) in [4.78, 5) is 15.8. The van der Waals surface area contributed by atoms with E-state index >= 15 is 0 Å². The second-order valence-corrected chi connectivity index (χ2v) is 5.20. The molecule has 1 heterocycles. The van der Waals surface area contributed by atoms with Crippen molar-refractivity contribution < 1.29 is 14.3 Å². The van der Waals surface area contributed by atoms with Crippen LogP contribution in [0.4, 0.5) is 0 Å². The smallest absolute Gasteiger partial charge is 0.339 e. The number of nitrogens with zero attached hydrogens (tertiary/aromatic N) is 1. The van der Waals surface area contributed by atoms with Gasteiger partial charge in [0, 0.05) is 10.5 Å². The first-order valence-electron chi connectivity index (χ1n) is 6.01. The summed E-state index contributed by atoms with van der Waals surface area (Å²) in [6.07, 6.45) is 0. The molecule has 1 aromatic heterocycles. The number of ether oxygens (including phenoxy) is 2. The van der Waals surface area contributed by atoms with Crippen LogP contribution in [0.25, 0.3) is 0 Å². The third-order valence-corrected chi connectivity index (χ3v) is 3.32. The number of esters is 1. The topological polar surface area (TPSA) is 48.4 Å². The molecule has 0 unspecified atom stereocenters. The summed E-state index contributed by atoms with van der Waals surface area (Å²) < 4.78 is 11.4. The summed E-state index contributed by atoms with van der Waals surface area (Å²) in [5, 5.41) is 0. The van der Waals surface area contributed by atoms with Crippen molar-refractivity contribution in [3.8, 4) is 11.6 Å². The number of hydrogen-bond donors (Lipinski definition) is 0. The van der Waals surface area contributed by atoms with Crippen molar-refractivity contribution in [2.75, 3.05) is 7.11 Å². The first kappa shape index (κ1) is 14.5. The SMILES string of the molecule is COC(=O)c1ccc(Oc2cc(Br)ccc2C)nc1C. The fraction of sp³-hybridized carbons (Fsp3) is 0.200. The van der Waals surface area contributed by atoms with E-state index < -0.39 is 5.97 Å². The van der Waals surface area contributed by atoms with Gasteiger partial charge in [-0.2, -0.15) is 0 Å². The second-order valence-electron chi connectivity index (χ2n) is 4.29. The van der Waals surface area contributed by atoms with Gasteiger partial charge in [0.25, 0.3) is 0 Å². The normalized spacial score (nSPS) is 10.2. The van der Waals surface area contributed by atoms with Crippen LogP contribution in [-0.2, 0) is 4.74 Å². The standard InChI is InChI=1S/C15H14BrNO3/c1-9-4-5-11(16)8-13(9)20-14-7-6-12(10(2)17-14)15(18)19-3/h4-8H,1-3H3.